The molecule has 1 aromatic rings. The molecule has 0 aromatic heterocycles. The van der Waals surface area contributed by atoms with E-state index in [1.54, 1.807) is 0 Å². The molecule has 0 saturated carbocycles. The Morgan fingerprint density at radius 1 is 1.21 bits per heavy atom. The molecule has 1 aromatic carbocycles. The number of rotatable bonds is 7. The second-order valence-corrected chi connectivity index (χ2v) is 7.99. The second-order valence-electron chi connectivity index (χ2n) is 7.99. The molecular formula is C21H35ClN4O2. The minimum absolute atomic E-state index is 0. The minimum atomic E-state index is -0.530. The standard InChI is InChI=1S/C21H34N4O2.ClH/c1-14(2)12-19(20(26)24-18-6-5-11-22-16(18)4)25-21(27)23-13-17-9-7-15(3)8-10-17;/h7-10,14,16,18-19,22H,5-6,11-13H2,1-4H3,(H,24,26)(H2,23,25,27);1H. The van der Waals surface area contributed by atoms with Crippen molar-refractivity contribution in [2.45, 2.75) is 71.6 Å². The van der Waals surface area contributed by atoms with E-state index in [9.17, 15) is 9.59 Å². The van der Waals surface area contributed by atoms with Gasteiger partial charge in [-0.1, -0.05) is 43.7 Å². The quantitative estimate of drug-likeness (QED) is 0.557. The number of carbonyl (C=O) groups excluding carboxylic acids is 2. The van der Waals surface area contributed by atoms with Crippen LogP contribution in [0.25, 0.3) is 0 Å². The van der Waals surface area contributed by atoms with Gasteiger partial charge in [0.05, 0.1) is 0 Å². The normalized spacial score (nSPS) is 20.0. The third-order valence-electron chi connectivity index (χ3n) is 4.99. The van der Waals surface area contributed by atoms with Crippen molar-refractivity contribution in [3.8, 4) is 0 Å². The van der Waals surface area contributed by atoms with Crippen LogP contribution in [0.15, 0.2) is 24.3 Å². The van der Waals surface area contributed by atoms with Crippen LogP contribution in [0.2, 0.25) is 0 Å². The monoisotopic (exact) mass is 410 g/mol. The second kappa shape index (κ2) is 11.9. The van der Waals surface area contributed by atoms with Gasteiger partial charge in [-0.25, -0.2) is 4.79 Å². The number of amides is 3. The van der Waals surface area contributed by atoms with Gasteiger partial charge in [0, 0.05) is 18.6 Å². The van der Waals surface area contributed by atoms with Crippen LogP contribution in [0.4, 0.5) is 4.79 Å². The summed E-state index contributed by atoms with van der Waals surface area (Å²) in [6, 6.07) is 7.53. The zero-order valence-corrected chi connectivity index (χ0v) is 18.2. The molecule has 6 nitrogen and oxygen atoms in total. The topological polar surface area (TPSA) is 82.3 Å². The average Bonchev–Trinajstić information content (AvgIpc) is 2.62. The van der Waals surface area contributed by atoms with Crippen molar-refractivity contribution in [3.63, 3.8) is 0 Å². The van der Waals surface area contributed by atoms with E-state index in [2.05, 4.69) is 42.0 Å². The Hall–Kier alpha value is -1.79. The van der Waals surface area contributed by atoms with Crippen LogP contribution in [0.5, 0.6) is 0 Å². The van der Waals surface area contributed by atoms with E-state index >= 15 is 0 Å². The van der Waals surface area contributed by atoms with E-state index in [1.165, 1.54) is 5.56 Å². The number of carbonyl (C=O) groups is 2. The zero-order valence-electron chi connectivity index (χ0n) is 17.4. The fourth-order valence-electron chi connectivity index (χ4n) is 3.32. The molecule has 1 fully saturated rings. The van der Waals surface area contributed by atoms with Crippen LogP contribution in [0.1, 0.15) is 51.2 Å². The predicted octanol–water partition coefficient (Wildman–Crippen LogP) is 2.89. The SMILES string of the molecule is Cc1ccc(CNC(=O)NC(CC(C)C)C(=O)NC2CCCNC2C)cc1.Cl. The van der Waals surface area contributed by atoms with Crippen LogP contribution in [-0.4, -0.2) is 36.6 Å². The third-order valence-corrected chi connectivity index (χ3v) is 4.99. The Morgan fingerprint density at radius 2 is 1.89 bits per heavy atom. The maximum atomic E-state index is 12.8. The molecule has 3 atom stereocenters. The van der Waals surface area contributed by atoms with Crippen LogP contribution in [0, 0.1) is 12.8 Å². The van der Waals surface area contributed by atoms with Crippen molar-refractivity contribution in [1.29, 1.82) is 0 Å². The number of hydrogen-bond donors (Lipinski definition) is 4. The molecule has 1 aliphatic heterocycles. The van der Waals surface area contributed by atoms with Crippen molar-refractivity contribution < 1.29 is 9.59 Å². The average molecular weight is 411 g/mol. The first-order valence-electron chi connectivity index (χ1n) is 9.99. The Balaban J connectivity index is 0.00000392. The number of piperidine rings is 1. The van der Waals surface area contributed by atoms with E-state index in [-0.39, 0.29) is 36.4 Å². The molecular weight excluding hydrogens is 376 g/mol. The summed E-state index contributed by atoms with van der Waals surface area (Å²) in [6.07, 6.45) is 2.63. The lowest BCUT2D eigenvalue weighted by molar-refractivity contribution is -0.124. The van der Waals surface area contributed by atoms with Crippen molar-refractivity contribution in [1.82, 2.24) is 21.3 Å². The number of halogens is 1. The predicted molar refractivity (Wildman–Crippen MR) is 116 cm³/mol. The van der Waals surface area contributed by atoms with Gasteiger partial charge in [0.2, 0.25) is 5.91 Å². The van der Waals surface area contributed by atoms with Gasteiger partial charge in [-0.05, 0) is 51.1 Å². The van der Waals surface area contributed by atoms with Crippen molar-refractivity contribution in [3.05, 3.63) is 35.4 Å². The molecule has 0 bridgehead atoms. The Kier molecular flexibility index (Phi) is 10.3. The van der Waals surface area contributed by atoms with Crippen molar-refractivity contribution in [2.75, 3.05) is 6.54 Å². The van der Waals surface area contributed by atoms with Gasteiger partial charge < -0.3 is 21.3 Å². The molecule has 2 rings (SSSR count). The molecule has 1 aliphatic rings. The van der Waals surface area contributed by atoms with E-state index in [4.69, 9.17) is 0 Å². The molecule has 1 heterocycles. The van der Waals surface area contributed by atoms with Gasteiger partial charge in [-0.15, -0.1) is 12.4 Å². The van der Waals surface area contributed by atoms with Gasteiger partial charge in [0.1, 0.15) is 6.04 Å². The van der Waals surface area contributed by atoms with E-state index < -0.39 is 6.04 Å². The summed E-state index contributed by atoms with van der Waals surface area (Å²) in [4.78, 5) is 25.1. The van der Waals surface area contributed by atoms with Crippen LogP contribution < -0.4 is 21.3 Å². The van der Waals surface area contributed by atoms with Gasteiger partial charge in [0.25, 0.3) is 0 Å². The highest BCUT2D eigenvalue weighted by Gasteiger charge is 2.27. The molecule has 0 radical (unpaired) electrons. The summed E-state index contributed by atoms with van der Waals surface area (Å²) in [6.45, 7) is 9.65. The smallest absolute Gasteiger partial charge is 0.315 e. The summed E-state index contributed by atoms with van der Waals surface area (Å²) in [5, 5.41) is 12.2. The number of urea groups is 1. The van der Waals surface area contributed by atoms with Crippen molar-refractivity contribution >= 4 is 24.3 Å². The first-order valence-corrected chi connectivity index (χ1v) is 9.99. The lowest BCUT2D eigenvalue weighted by Gasteiger charge is -2.32. The maximum Gasteiger partial charge on any atom is 0.315 e. The Bertz CT molecular complexity index is 621. The third kappa shape index (κ3) is 8.07. The summed E-state index contributed by atoms with van der Waals surface area (Å²) in [7, 11) is 0. The van der Waals surface area contributed by atoms with Gasteiger partial charge in [-0.3, -0.25) is 4.79 Å². The fourth-order valence-corrected chi connectivity index (χ4v) is 3.32. The van der Waals surface area contributed by atoms with E-state index in [0.29, 0.717) is 18.9 Å². The molecule has 0 aliphatic carbocycles. The largest absolute Gasteiger partial charge is 0.350 e. The molecule has 7 heteroatoms. The number of nitrogens with one attached hydrogen (secondary N) is 4. The maximum absolute atomic E-state index is 12.8. The number of benzene rings is 1. The first kappa shape index (κ1) is 24.2. The Morgan fingerprint density at radius 3 is 2.50 bits per heavy atom. The zero-order chi connectivity index (χ0) is 19.8. The molecule has 3 amide bonds. The summed E-state index contributed by atoms with van der Waals surface area (Å²) in [5.74, 6) is 0.204. The molecule has 3 unspecified atom stereocenters. The molecule has 4 N–H and O–H groups in total. The highest BCUT2D eigenvalue weighted by atomic mass is 35.5. The lowest BCUT2D eigenvalue weighted by Crippen LogP contribution is -2.57. The molecule has 0 spiro atoms. The highest BCUT2D eigenvalue weighted by Crippen LogP contribution is 2.11. The van der Waals surface area contributed by atoms with Gasteiger partial charge >= 0.3 is 6.03 Å². The van der Waals surface area contributed by atoms with Gasteiger partial charge in [0.15, 0.2) is 0 Å². The Labute approximate surface area is 175 Å². The number of aryl methyl sites for hydroxylation is 1. The van der Waals surface area contributed by atoms with Crippen LogP contribution in [-0.2, 0) is 11.3 Å². The summed E-state index contributed by atoms with van der Waals surface area (Å²) < 4.78 is 0. The van der Waals surface area contributed by atoms with E-state index in [0.717, 1.165) is 24.9 Å². The summed E-state index contributed by atoms with van der Waals surface area (Å²) in [5.41, 5.74) is 2.21. The lowest BCUT2D eigenvalue weighted by atomic mass is 9.98. The molecule has 1 saturated heterocycles. The molecule has 28 heavy (non-hydrogen) atoms. The summed E-state index contributed by atoms with van der Waals surface area (Å²) >= 11 is 0. The van der Waals surface area contributed by atoms with Crippen LogP contribution in [0.3, 0.4) is 0 Å². The minimum Gasteiger partial charge on any atom is -0.350 e. The van der Waals surface area contributed by atoms with Gasteiger partial charge in [-0.2, -0.15) is 0 Å². The van der Waals surface area contributed by atoms with Crippen LogP contribution >= 0.6 is 12.4 Å². The number of hydrogen-bond acceptors (Lipinski definition) is 3. The molecule has 158 valence electrons. The van der Waals surface area contributed by atoms with Crippen molar-refractivity contribution in [2.24, 2.45) is 5.92 Å². The fraction of sp³-hybridized carbons (Fsp3) is 0.619. The van der Waals surface area contributed by atoms with E-state index in [1.807, 2.05) is 31.2 Å². The first-order chi connectivity index (χ1) is 12.8. The highest BCUT2D eigenvalue weighted by molar-refractivity contribution is 5.87.